The van der Waals surface area contributed by atoms with E-state index in [9.17, 15) is 0 Å². The molecule has 2 aromatic rings. The quantitative estimate of drug-likeness (QED) is 0.837. The number of hydrogen-bond acceptors (Lipinski definition) is 2. The van der Waals surface area contributed by atoms with E-state index in [0.717, 1.165) is 19.5 Å². The van der Waals surface area contributed by atoms with Crippen molar-refractivity contribution in [3.63, 3.8) is 0 Å². The highest BCUT2D eigenvalue weighted by atomic mass is 32.2. The van der Waals surface area contributed by atoms with Crippen LogP contribution < -0.4 is 5.32 Å². The molecule has 0 amide bonds. The van der Waals surface area contributed by atoms with Gasteiger partial charge in [0.1, 0.15) is 0 Å². The van der Waals surface area contributed by atoms with Gasteiger partial charge in [-0.05, 0) is 49.1 Å². The van der Waals surface area contributed by atoms with Gasteiger partial charge in [-0.15, -0.1) is 11.8 Å². The lowest BCUT2D eigenvalue weighted by Crippen LogP contribution is -2.26. The molecule has 2 heteroatoms. The molecule has 1 aliphatic heterocycles. The Balaban J connectivity index is 1.43. The highest BCUT2D eigenvalue weighted by molar-refractivity contribution is 8.00. The summed E-state index contributed by atoms with van der Waals surface area (Å²) < 4.78 is 0. The number of hydrogen-bond donors (Lipinski definition) is 1. The third-order valence-corrected chi connectivity index (χ3v) is 5.24. The lowest BCUT2D eigenvalue weighted by molar-refractivity contribution is 0.661. The Morgan fingerprint density at radius 1 is 1.10 bits per heavy atom. The molecule has 1 aliphatic rings. The molecule has 0 spiro atoms. The van der Waals surface area contributed by atoms with Crippen LogP contribution in [0.5, 0.6) is 0 Å². The lowest BCUT2D eigenvalue weighted by atomic mass is 10.1. The first-order valence-corrected chi connectivity index (χ1v) is 8.20. The number of thioether (sulfide) groups is 1. The Kier molecular flexibility index (Phi) is 4.44. The minimum absolute atomic E-state index is 0.698. The summed E-state index contributed by atoms with van der Waals surface area (Å²) >= 11 is 2.02. The number of fused-ring (bicyclic) bond motifs is 1. The van der Waals surface area contributed by atoms with E-state index < -0.39 is 0 Å². The van der Waals surface area contributed by atoms with E-state index in [1.807, 2.05) is 11.8 Å². The zero-order chi connectivity index (χ0) is 13.8. The molecule has 1 nitrogen and oxygen atoms in total. The molecule has 20 heavy (non-hydrogen) atoms. The van der Waals surface area contributed by atoms with Crippen molar-refractivity contribution in [2.45, 2.75) is 29.9 Å². The van der Waals surface area contributed by atoms with Gasteiger partial charge in [0.2, 0.25) is 0 Å². The van der Waals surface area contributed by atoms with Crippen LogP contribution in [0.3, 0.4) is 0 Å². The van der Waals surface area contributed by atoms with Gasteiger partial charge in [-0.3, -0.25) is 0 Å². The molecular formula is C18H21NS. The Morgan fingerprint density at radius 2 is 1.90 bits per heavy atom. The van der Waals surface area contributed by atoms with Gasteiger partial charge in [-0.1, -0.05) is 42.5 Å². The van der Waals surface area contributed by atoms with Crippen LogP contribution in [0, 0.1) is 6.92 Å². The van der Waals surface area contributed by atoms with E-state index in [-0.39, 0.29) is 0 Å². The van der Waals surface area contributed by atoms with Crippen LogP contribution in [0.2, 0.25) is 0 Å². The van der Waals surface area contributed by atoms with Crippen molar-refractivity contribution in [1.82, 2.24) is 5.32 Å². The summed E-state index contributed by atoms with van der Waals surface area (Å²) in [6.07, 6.45) is 2.33. The molecule has 0 aliphatic carbocycles. The zero-order valence-electron chi connectivity index (χ0n) is 11.9. The molecular weight excluding hydrogens is 262 g/mol. The fraction of sp³-hybridized carbons (Fsp3) is 0.333. The first-order valence-electron chi connectivity index (χ1n) is 7.33. The maximum absolute atomic E-state index is 3.62. The van der Waals surface area contributed by atoms with Crippen molar-refractivity contribution >= 4 is 11.8 Å². The highest BCUT2D eigenvalue weighted by Crippen LogP contribution is 2.36. The predicted octanol–water partition coefficient (Wildman–Crippen LogP) is 3.84. The summed E-state index contributed by atoms with van der Waals surface area (Å²) in [6.45, 7) is 4.36. The second-order valence-electron chi connectivity index (χ2n) is 5.43. The Bertz CT molecular complexity index is 554. The third kappa shape index (κ3) is 3.25. The molecule has 0 radical (unpaired) electrons. The maximum Gasteiger partial charge on any atom is 0.0260 e. The second kappa shape index (κ2) is 6.47. The van der Waals surface area contributed by atoms with Gasteiger partial charge in [0.15, 0.2) is 0 Å². The van der Waals surface area contributed by atoms with Gasteiger partial charge in [0, 0.05) is 16.7 Å². The SMILES string of the molecule is Cc1ccccc1CCNCC1Cc2ccccc2S1. The predicted molar refractivity (Wildman–Crippen MR) is 87.5 cm³/mol. The van der Waals surface area contributed by atoms with Crippen LogP contribution in [0.15, 0.2) is 53.4 Å². The minimum Gasteiger partial charge on any atom is -0.315 e. The van der Waals surface area contributed by atoms with Gasteiger partial charge >= 0.3 is 0 Å². The number of aryl methyl sites for hydroxylation is 1. The van der Waals surface area contributed by atoms with Crippen LogP contribution in [-0.4, -0.2) is 18.3 Å². The van der Waals surface area contributed by atoms with E-state index in [0.29, 0.717) is 5.25 Å². The first kappa shape index (κ1) is 13.7. The molecule has 2 aromatic carbocycles. The van der Waals surface area contributed by atoms with Crippen LogP contribution >= 0.6 is 11.8 Å². The van der Waals surface area contributed by atoms with Gasteiger partial charge < -0.3 is 5.32 Å². The molecule has 0 saturated heterocycles. The molecule has 1 N–H and O–H groups in total. The van der Waals surface area contributed by atoms with E-state index >= 15 is 0 Å². The standard InChI is InChI=1S/C18H21NS/c1-14-6-2-3-7-15(14)10-11-19-13-17-12-16-8-4-5-9-18(16)20-17/h2-9,17,19H,10-13H2,1H3. The Labute approximate surface area is 125 Å². The summed E-state index contributed by atoms with van der Waals surface area (Å²) in [5.74, 6) is 0. The number of benzene rings is 2. The van der Waals surface area contributed by atoms with Gasteiger partial charge in [-0.25, -0.2) is 0 Å². The van der Waals surface area contributed by atoms with Crippen molar-refractivity contribution in [3.8, 4) is 0 Å². The molecule has 1 unspecified atom stereocenters. The Morgan fingerprint density at radius 3 is 2.75 bits per heavy atom. The zero-order valence-corrected chi connectivity index (χ0v) is 12.7. The number of nitrogens with one attached hydrogen (secondary N) is 1. The van der Waals surface area contributed by atoms with E-state index in [4.69, 9.17) is 0 Å². The van der Waals surface area contributed by atoms with E-state index in [1.165, 1.54) is 28.0 Å². The van der Waals surface area contributed by atoms with Crippen molar-refractivity contribution in [2.24, 2.45) is 0 Å². The molecule has 0 bridgehead atoms. The molecule has 0 saturated carbocycles. The van der Waals surface area contributed by atoms with Crippen molar-refractivity contribution in [2.75, 3.05) is 13.1 Å². The average molecular weight is 283 g/mol. The van der Waals surface area contributed by atoms with Crippen molar-refractivity contribution in [3.05, 3.63) is 65.2 Å². The molecule has 1 atom stereocenters. The van der Waals surface area contributed by atoms with Crippen LogP contribution in [-0.2, 0) is 12.8 Å². The second-order valence-corrected chi connectivity index (χ2v) is 6.77. The summed E-state index contributed by atoms with van der Waals surface area (Å²) in [5.41, 5.74) is 4.38. The van der Waals surface area contributed by atoms with E-state index in [2.05, 4.69) is 60.8 Å². The fourth-order valence-corrected chi connectivity index (χ4v) is 4.03. The monoisotopic (exact) mass is 283 g/mol. The topological polar surface area (TPSA) is 12.0 Å². The largest absolute Gasteiger partial charge is 0.315 e. The molecule has 1 heterocycles. The van der Waals surface area contributed by atoms with Crippen molar-refractivity contribution in [1.29, 1.82) is 0 Å². The minimum atomic E-state index is 0.698. The molecule has 0 fully saturated rings. The third-order valence-electron chi connectivity index (χ3n) is 3.92. The maximum atomic E-state index is 3.62. The molecule has 104 valence electrons. The highest BCUT2D eigenvalue weighted by Gasteiger charge is 2.20. The summed E-state index contributed by atoms with van der Waals surface area (Å²) in [6, 6.07) is 17.5. The summed E-state index contributed by atoms with van der Waals surface area (Å²) in [7, 11) is 0. The first-order chi connectivity index (χ1) is 9.83. The molecule has 3 rings (SSSR count). The smallest absolute Gasteiger partial charge is 0.0260 e. The summed E-state index contributed by atoms with van der Waals surface area (Å²) in [5, 5.41) is 4.32. The van der Waals surface area contributed by atoms with Gasteiger partial charge in [0.25, 0.3) is 0 Å². The number of rotatable bonds is 5. The van der Waals surface area contributed by atoms with Gasteiger partial charge in [-0.2, -0.15) is 0 Å². The van der Waals surface area contributed by atoms with Crippen LogP contribution in [0.4, 0.5) is 0 Å². The van der Waals surface area contributed by atoms with Crippen LogP contribution in [0.25, 0.3) is 0 Å². The lowest BCUT2D eigenvalue weighted by Gasteiger charge is -2.11. The van der Waals surface area contributed by atoms with Crippen molar-refractivity contribution < 1.29 is 0 Å². The molecule has 0 aromatic heterocycles. The fourth-order valence-electron chi connectivity index (χ4n) is 2.74. The normalized spacial score (nSPS) is 17.1. The summed E-state index contributed by atoms with van der Waals surface area (Å²) in [4.78, 5) is 1.47. The van der Waals surface area contributed by atoms with Crippen LogP contribution in [0.1, 0.15) is 16.7 Å². The van der Waals surface area contributed by atoms with E-state index in [1.54, 1.807) is 0 Å². The van der Waals surface area contributed by atoms with Gasteiger partial charge in [0.05, 0.1) is 0 Å². The average Bonchev–Trinajstić information content (AvgIpc) is 2.88. The Hall–Kier alpha value is -1.25.